The summed E-state index contributed by atoms with van der Waals surface area (Å²) in [6.45, 7) is 3.41. The Hall–Kier alpha value is -6.03. The lowest BCUT2D eigenvalue weighted by Crippen LogP contribution is -2.02. The molecule has 0 aliphatic rings. The minimum Gasteiger partial charge on any atom is -0.505 e. The molecule has 17 nitrogen and oxygen atoms in total. The zero-order valence-electron chi connectivity index (χ0n) is 27.9. The standard InChI is InChI=1S/C34H28N6O11S3/c1-16-9-18(3-7-26(16)37-39-31-28(53(46,47)48)13-20-11-22(35)5-6-24(20)33(31)41)19-4-8-27(17(2)10-19)38-40-32-29(54(49,50)51)14-21-12-23(52(43,44)45)15-25(36)30(21)34(32)42/h3-15,41-42H,35-36H2,1-2H3,(H,43,44,45)(H,46,47,48)(H,49,50,51). The molecule has 20 heteroatoms. The van der Waals surface area contributed by atoms with Gasteiger partial charge in [0.15, 0.2) is 11.5 Å². The monoisotopic (exact) mass is 792 g/mol. The fourth-order valence-electron chi connectivity index (χ4n) is 5.70. The smallest absolute Gasteiger partial charge is 0.296 e. The number of hydrogen-bond donors (Lipinski definition) is 7. The normalized spacial score (nSPS) is 12.8. The third-order valence-corrected chi connectivity index (χ3v) is 10.9. The fourth-order valence-corrected chi connectivity index (χ4v) is 7.57. The van der Waals surface area contributed by atoms with Crippen LogP contribution in [0.1, 0.15) is 11.1 Å². The summed E-state index contributed by atoms with van der Waals surface area (Å²) in [5.74, 6) is -1.34. The van der Waals surface area contributed by atoms with E-state index in [0.717, 1.165) is 24.3 Å². The Morgan fingerprint density at radius 2 is 1.04 bits per heavy atom. The van der Waals surface area contributed by atoms with Crippen molar-refractivity contribution >= 4 is 86.0 Å². The molecule has 54 heavy (non-hydrogen) atoms. The first-order chi connectivity index (χ1) is 25.1. The van der Waals surface area contributed by atoms with Gasteiger partial charge in [0.25, 0.3) is 30.4 Å². The van der Waals surface area contributed by atoms with Crippen LogP contribution in [0.3, 0.4) is 0 Å². The number of benzene rings is 6. The Labute approximate surface area is 307 Å². The van der Waals surface area contributed by atoms with Gasteiger partial charge in [-0.05, 0) is 114 Å². The van der Waals surface area contributed by atoms with Crippen LogP contribution >= 0.6 is 0 Å². The summed E-state index contributed by atoms with van der Waals surface area (Å²) in [6, 6.07) is 18.2. The van der Waals surface area contributed by atoms with Crippen molar-refractivity contribution in [1.29, 1.82) is 0 Å². The predicted molar refractivity (Wildman–Crippen MR) is 199 cm³/mol. The average molecular weight is 793 g/mol. The van der Waals surface area contributed by atoms with Crippen molar-refractivity contribution in [3.8, 4) is 22.6 Å². The molecule has 0 unspecified atom stereocenters. The average Bonchev–Trinajstić information content (AvgIpc) is 3.06. The summed E-state index contributed by atoms with van der Waals surface area (Å²) >= 11 is 0. The van der Waals surface area contributed by atoms with Crippen LogP contribution < -0.4 is 11.5 Å². The van der Waals surface area contributed by atoms with E-state index in [1.165, 1.54) is 18.2 Å². The quantitative estimate of drug-likeness (QED) is 0.0449. The summed E-state index contributed by atoms with van der Waals surface area (Å²) in [7, 11) is -14.6. The van der Waals surface area contributed by atoms with Crippen molar-refractivity contribution < 1.29 is 49.1 Å². The van der Waals surface area contributed by atoms with E-state index < -0.39 is 67.9 Å². The molecule has 0 atom stereocenters. The number of azo groups is 2. The van der Waals surface area contributed by atoms with E-state index in [2.05, 4.69) is 20.5 Å². The van der Waals surface area contributed by atoms with Crippen LogP contribution in [-0.4, -0.2) is 49.1 Å². The number of nitrogens with zero attached hydrogens (tertiary/aromatic N) is 4. The van der Waals surface area contributed by atoms with E-state index in [4.69, 9.17) is 11.5 Å². The van der Waals surface area contributed by atoms with Gasteiger partial charge in [-0.2, -0.15) is 35.5 Å². The molecule has 6 rings (SSSR count). The zero-order valence-corrected chi connectivity index (χ0v) is 30.3. The maximum atomic E-state index is 12.3. The Kier molecular flexibility index (Phi) is 9.38. The number of phenols is 2. The van der Waals surface area contributed by atoms with Crippen molar-refractivity contribution in [3.05, 3.63) is 90.0 Å². The fraction of sp³-hybridized carbons (Fsp3) is 0.0588. The van der Waals surface area contributed by atoms with Gasteiger partial charge in [0.05, 0.1) is 16.3 Å². The molecule has 0 aliphatic heterocycles. The second-order valence-corrected chi connectivity index (χ2v) is 16.3. The number of nitrogens with two attached hydrogens (primary N) is 2. The number of hydrogen-bond acceptors (Lipinski definition) is 14. The van der Waals surface area contributed by atoms with E-state index in [1.807, 2.05) is 0 Å². The zero-order chi connectivity index (χ0) is 39.5. The summed E-state index contributed by atoms with van der Waals surface area (Å²) in [4.78, 5) is -2.23. The molecule has 0 heterocycles. The number of rotatable bonds is 8. The van der Waals surface area contributed by atoms with Gasteiger partial charge < -0.3 is 21.7 Å². The van der Waals surface area contributed by atoms with Crippen LogP contribution in [0.15, 0.2) is 114 Å². The molecule has 0 saturated carbocycles. The topological polar surface area (TPSA) is 305 Å². The van der Waals surface area contributed by atoms with Crippen molar-refractivity contribution in [3.63, 3.8) is 0 Å². The SMILES string of the molecule is Cc1cc(-c2ccc(N=Nc3c(S(=O)(=O)O)cc4cc(S(=O)(=O)O)cc(N)c4c3O)c(C)c2)ccc1N=Nc1c(S(=O)(=O)O)cc2cc(N)ccc2c1O. The van der Waals surface area contributed by atoms with E-state index in [9.17, 15) is 49.1 Å². The van der Waals surface area contributed by atoms with Crippen molar-refractivity contribution in [1.82, 2.24) is 0 Å². The third kappa shape index (κ3) is 7.28. The summed E-state index contributed by atoms with van der Waals surface area (Å²) in [5, 5.41) is 38.0. The van der Waals surface area contributed by atoms with Crippen LogP contribution in [0, 0.1) is 13.8 Å². The Morgan fingerprint density at radius 3 is 1.52 bits per heavy atom. The molecule has 0 aromatic heterocycles. The Morgan fingerprint density at radius 1 is 0.537 bits per heavy atom. The first-order valence-corrected chi connectivity index (χ1v) is 19.6. The summed E-state index contributed by atoms with van der Waals surface area (Å²) in [6.07, 6.45) is 0. The molecule has 6 aromatic rings. The number of aromatic hydroxyl groups is 2. The molecule has 0 aliphatic carbocycles. The molecule has 0 bridgehead atoms. The minimum absolute atomic E-state index is 0.201. The highest BCUT2D eigenvalue weighted by Crippen LogP contribution is 2.45. The van der Waals surface area contributed by atoms with Gasteiger partial charge in [-0.15, -0.1) is 10.2 Å². The van der Waals surface area contributed by atoms with E-state index in [1.54, 1.807) is 50.2 Å². The number of aryl methyl sites for hydroxylation is 2. The molecule has 278 valence electrons. The first-order valence-electron chi connectivity index (χ1n) is 15.3. The second kappa shape index (κ2) is 13.4. The van der Waals surface area contributed by atoms with Crippen LogP contribution in [-0.2, 0) is 30.4 Å². The van der Waals surface area contributed by atoms with Gasteiger partial charge in [-0.1, -0.05) is 12.1 Å². The lowest BCUT2D eigenvalue weighted by Gasteiger charge is -2.12. The van der Waals surface area contributed by atoms with Crippen LogP contribution in [0.2, 0.25) is 0 Å². The van der Waals surface area contributed by atoms with Crippen LogP contribution in [0.5, 0.6) is 11.5 Å². The van der Waals surface area contributed by atoms with Gasteiger partial charge in [-0.25, -0.2) is 0 Å². The third-order valence-electron chi connectivity index (χ3n) is 8.33. The summed E-state index contributed by atoms with van der Waals surface area (Å²) < 4.78 is 101. The molecule has 0 fully saturated rings. The molecular formula is C34H28N6O11S3. The number of phenolic OH excluding ortho intramolecular Hbond substituents is 2. The molecule has 6 aromatic carbocycles. The molecule has 0 saturated heterocycles. The van der Waals surface area contributed by atoms with Gasteiger partial charge >= 0.3 is 0 Å². The van der Waals surface area contributed by atoms with Gasteiger partial charge in [0.1, 0.15) is 21.2 Å². The maximum absolute atomic E-state index is 12.3. The number of fused-ring (bicyclic) bond motifs is 2. The second-order valence-electron chi connectivity index (χ2n) is 12.1. The highest BCUT2D eigenvalue weighted by Gasteiger charge is 2.25. The largest absolute Gasteiger partial charge is 0.505 e. The van der Waals surface area contributed by atoms with E-state index in [-0.39, 0.29) is 32.9 Å². The maximum Gasteiger partial charge on any atom is 0.296 e. The predicted octanol–water partition coefficient (Wildman–Crippen LogP) is 7.42. The lowest BCUT2D eigenvalue weighted by molar-refractivity contribution is 0.471. The number of anilines is 2. The molecule has 0 spiro atoms. The Balaban J connectivity index is 1.32. The number of nitrogen functional groups attached to an aromatic ring is 2. The molecule has 9 N–H and O–H groups in total. The highest BCUT2D eigenvalue weighted by atomic mass is 32.2. The first kappa shape index (κ1) is 37.7. The highest BCUT2D eigenvalue weighted by molar-refractivity contribution is 7.86. The van der Waals surface area contributed by atoms with Crippen molar-refractivity contribution in [2.75, 3.05) is 11.5 Å². The Bertz CT molecular complexity index is 2990. The molecule has 0 radical (unpaired) electrons. The summed E-state index contributed by atoms with van der Waals surface area (Å²) in [5.41, 5.74) is 13.7. The van der Waals surface area contributed by atoms with Crippen molar-refractivity contribution in [2.24, 2.45) is 20.5 Å². The molecular weight excluding hydrogens is 765 g/mol. The molecule has 0 amide bonds. The van der Waals surface area contributed by atoms with Crippen LogP contribution in [0.25, 0.3) is 32.7 Å². The van der Waals surface area contributed by atoms with Crippen molar-refractivity contribution in [2.45, 2.75) is 28.5 Å². The van der Waals surface area contributed by atoms with Gasteiger partial charge in [0.2, 0.25) is 0 Å². The van der Waals surface area contributed by atoms with Crippen LogP contribution in [0.4, 0.5) is 34.1 Å². The van der Waals surface area contributed by atoms with Gasteiger partial charge in [0, 0.05) is 22.1 Å². The van der Waals surface area contributed by atoms with E-state index >= 15 is 0 Å². The van der Waals surface area contributed by atoms with Gasteiger partial charge in [-0.3, -0.25) is 13.7 Å². The minimum atomic E-state index is -5.05. The lowest BCUT2D eigenvalue weighted by atomic mass is 10.0. The van der Waals surface area contributed by atoms with E-state index in [0.29, 0.717) is 33.6 Å².